The molecule has 0 aliphatic rings. The summed E-state index contributed by atoms with van der Waals surface area (Å²) in [6.45, 7) is 7.20. The fourth-order valence-electron chi connectivity index (χ4n) is 2.19. The van der Waals surface area contributed by atoms with E-state index in [0.717, 1.165) is 12.1 Å². The Morgan fingerprint density at radius 1 is 1.00 bits per heavy atom. The quantitative estimate of drug-likeness (QED) is 0.774. The number of benzene rings is 2. The van der Waals surface area contributed by atoms with Gasteiger partial charge in [0.2, 0.25) is 0 Å². The maximum Gasteiger partial charge on any atom is 0.141 e. The zero-order chi connectivity index (χ0) is 15.4. The normalized spacial score (nSPS) is 12.7. The molecule has 0 saturated heterocycles. The van der Waals surface area contributed by atoms with Crippen molar-refractivity contribution in [3.05, 3.63) is 70.0 Å². The van der Waals surface area contributed by atoms with Crippen molar-refractivity contribution in [1.29, 1.82) is 0 Å². The van der Waals surface area contributed by atoms with Crippen LogP contribution < -0.4 is 5.32 Å². The van der Waals surface area contributed by atoms with Crippen LogP contribution in [0.25, 0.3) is 0 Å². The van der Waals surface area contributed by atoms with Gasteiger partial charge in [-0.15, -0.1) is 0 Å². The van der Waals surface area contributed by atoms with Crippen LogP contribution in [0.2, 0.25) is 5.02 Å². The van der Waals surface area contributed by atoms with Crippen LogP contribution in [0.3, 0.4) is 0 Å². The first-order valence-corrected chi connectivity index (χ1v) is 7.62. The van der Waals surface area contributed by atoms with Crippen molar-refractivity contribution in [2.45, 2.75) is 39.3 Å². The molecule has 2 aromatic rings. The third kappa shape index (κ3) is 4.29. The van der Waals surface area contributed by atoms with E-state index in [1.807, 2.05) is 6.92 Å². The van der Waals surface area contributed by atoms with E-state index in [4.69, 9.17) is 11.6 Å². The van der Waals surface area contributed by atoms with Gasteiger partial charge in [0, 0.05) is 12.6 Å². The molecule has 0 saturated carbocycles. The molecule has 0 aliphatic heterocycles. The smallest absolute Gasteiger partial charge is 0.141 e. The average molecular weight is 306 g/mol. The minimum atomic E-state index is -0.378. The van der Waals surface area contributed by atoms with E-state index in [2.05, 4.69) is 43.4 Å². The number of hydrogen-bond donors (Lipinski definition) is 1. The van der Waals surface area contributed by atoms with Crippen molar-refractivity contribution in [1.82, 2.24) is 5.32 Å². The van der Waals surface area contributed by atoms with Gasteiger partial charge in [0.1, 0.15) is 5.82 Å². The maximum atomic E-state index is 13.2. The molecule has 0 fully saturated rings. The van der Waals surface area contributed by atoms with E-state index >= 15 is 0 Å². The van der Waals surface area contributed by atoms with Crippen molar-refractivity contribution in [2.24, 2.45) is 0 Å². The highest BCUT2D eigenvalue weighted by molar-refractivity contribution is 6.30. The van der Waals surface area contributed by atoms with Gasteiger partial charge in [-0.05, 0) is 41.7 Å². The van der Waals surface area contributed by atoms with E-state index in [-0.39, 0.29) is 16.9 Å². The van der Waals surface area contributed by atoms with Crippen molar-refractivity contribution in [3.8, 4) is 0 Å². The second kappa shape index (κ2) is 7.06. The lowest BCUT2D eigenvalue weighted by molar-refractivity contribution is 0.571. The molecule has 0 radical (unpaired) electrons. The highest BCUT2D eigenvalue weighted by Gasteiger charge is 2.08. The fraction of sp³-hybridized carbons (Fsp3) is 0.333. The van der Waals surface area contributed by atoms with Crippen LogP contribution in [0.15, 0.2) is 42.5 Å². The van der Waals surface area contributed by atoms with Crippen LogP contribution in [0.5, 0.6) is 0 Å². The van der Waals surface area contributed by atoms with Crippen LogP contribution in [-0.4, -0.2) is 0 Å². The molecular formula is C18H21ClFN. The van der Waals surface area contributed by atoms with Crippen LogP contribution in [0, 0.1) is 5.82 Å². The summed E-state index contributed by atoms with van der Waals surface area (Å²) in [5, 5.41) is 3.60. The summed E-state index contributed by atoms with van der Waals surface area (Å²) in [6, 6.07) is 13.6. The summed E-state index contributed by atoms with van der Waals surface area (Å²) in [5.74, 6) is 0.171. The largest absolute Gasteiger partial charge is 0.306 e. The Labute approximate surface area is 131 Å². The van der Waals surface area contributed by atoms with Gasteiger partial charge >= 0.3 is 0 Å². The Balaban J connectivity index is 1.97. The summed E-state index contributed by atoms with van der Waals surface area (Å²) < 4.78 is 13.2. The lowest BCUT2D eigenvalue weighted by Crippen LogP contribution is -2.18. The van der Waals surface area contributed by atoms with Gasteiger partial charge < -0.3 is 5.32 Å². The van der Waals surface area contributed by atoms with Crippen molar-refractivity contribution >= 4 is 11.6 Å². The summed E-state index contributed by atoms with van der Waals surface area (Å²) >= 11 is 5.82. The molecule has 0 aromatic heterocycles. The van der Waals surface area contributed by atoms with Crippen LogP contribution >= 0.6 is 11.6 Å². The summed E-state index contributed by atoms with van der Waals surface area (Å²) in [4.78, 5) is 0. The SMILES string of the molecule is CC(C)c1ccc(CNC(C)c2ccc(F)c(Cl)c2)cc1. The van der Waals surface area contributed by atoms with Gasteiger partial charge in [0.25, 0.3) is 0 Å². The molecule has 2 rings (SSSR count). The molecule has 2 aromatic carbocycles. The number of rotatable bonds is 5. The van der Waals surface area contributed by atoms with Crippen molar-refractivity contribution in [2.75, 3.05) is 0 Å². The van der Waals surface area contributed by atoms with Gasteiger partial charge in [0.05, 0.1) is 5.02 Å². The topological polar surface area (TPSA) is 12.0 Å². The number of nitrogens with one attached hydrogen (secondary N) is 1. The predicted molar refractivity (Wildman–Crippen MR) is 87.2 cm³/mol. The molecule has 1 nitrogen and oxygen atoms in total. The second-order valence-corrected chi connectivity index (χ2v) is 6.08. The van der Waals surface area contributed by atoms with E-state index in [0.29, 0.717) is 5.92 Å². The van der Waals surface area contributed by atoms with Crippen LogP contribution in [0.1, 0.15) is 49.4 Å². The zero-order valence-corrected chi connectivity index (χ0v) is 13.4. The highest BCUT2D eigenvalue weighted by atomic mass is 35.5. The Hall–Kier alpha value is -1.38. The molecule has 112 valence electrons. The van der Waals surface area contributed by atoms with Gasteiger partial charge in [-0.1, -0.05) is 55.8 Å². The van der Waals surface area contributed by atoms with Crippen LogP contribution in [-0.2, 0) is 6.54 Å². The van der Waals surface area contributed by atoms with Gasteiger partial charge in [-0.3, -0.25) is 0 Å². The molecule has 0 spiro atoms. The molecule has 3 heteroatoms. The van der Waals surface area contributed by atoms with E-state index in [1.165, 1.54) is 17.2 Å². The third-order valence-electron chi connectivity index (χ3n) is 3.70. The monoisotopic (exact) mass is 305 g/mol. The highest BCUT2D eigenvalue weighted by Crippen LogP contribution is 2.21. The second-order valence-electron chi connectivity index (χ2n) is 5.67. The Bertz CT molecular complexity index is 593. The molecular weight excluding hydrogens is 285 g/mol. The lowest BCUT2D eigenvalue weighted by Gasteiger charge is -2.15. The van der Waals surface area contributed by atoms with Crippen LogP contribution in [0.4, 0.5) is 4.39 Å². The minimum absolute atomic E-state index is 0.118. The van der Waals surface area contributed by atoms with Gasteiger partial charge in [-0.2, -0.15) is 0 Å². The first-order valence-electron chi connectivity index (χ1n) is 7.24. The van der Waals surface area contributed by atoms with E-state index < -0.39 is 0 Å². The predicted octanol–water partition coefficient (Wildman–Crippen LogP) is 5.45. The number of halogens is 2. The third-order valence-corrected chi connectivity index (χ3v) is 3.99. The lowest BCUT2D eigenvalue weighted by atomic mass is 10.0. The molecule has 1 atom stereocenters. The Morgan fingerprint density at radius 3 is 2.19 bits per heavy atom. The standard InChI is InChI=1S/C18H21ClFN/c1-12(2)15-6-4-14(5-7-15)11-21-13(3)16-8-9-18(20)17(19)10-16/h4-10,12-13,21H,11H2,1-3H3. The average Bonchev–Trinajstić information content (AvgIpc) is 2.48. The molecule has 0 amide bonds. The van der Waals surface area contributed by atoms with E-state index in [9.17, 15) is 4.39 Å². The molecule has 0 heterocycles. The molecule has 21 heavy (non-hydrogen) atoms. The fourth-order valence-corrected chi connectivity index (χ4v) is 2.38. The first kappa shape index (κ1) is 16.0. The Kier molecular flexibility index (Phi) is 5.38. The van der Waals surface area contributed by atoms with Crippen molar-refractivity contribution < 1.29 is 4.39 Å². The van der Waals surface area contributed by atoms with E-state index in [1.54, 1.807) is 12.1 Å². The van der Waals surface area contributed by atoms with Gasteiger partial charge in [0.15, 0.2) is 0 Å². The number of hydrogen-bond acceptors (Lipinski definition) is 1. The van der Waals surface area contributed by atoms with Crippen molar-refractivity contribution in [3.63, 3.8) is 0 Å². The maximum absolute atomic E-state index is 13.2. The Morgan fingerprint density at radius 2 is 1.62 bits per heavy atom. The molecule has 1 unspecified atom stereocenters. The molecule has 1 N–H and O–H groups in total. The molecule has 0 bridgehead atoms. The summed E-state index contributed by atoms with van der Waals surface area (Å²) in [6.07, 6.45) is 0. The zero-order valence-electron chi connectivity index (χ0n) is 12.7. The summed E-state index contributed by atoms with van der Waals surface area (Å²) in [5.41, 5.74) is 3.57. The van der Waals surface area contributed by atoms with Gasteiger partial charge in [-0.25, -0.2) is 4.39 Å². The summed E-state index contributed by atoms with van der Waals surface area (Å²) in [7, 11) is 0. The minimum Gasteiger partial charge on any atom is -0.306 e. The first-order chi connectivity index (χ1) is 9.97. The molecule has 0 aliphatic carbocycles.